The maximum absolute atomic E-state index is 12.7. The zero-order valence-corrected chi connectivity index (χ0v) is 15.0. The molecule has 5 nitrogen and oxygen atoms in total. The third-order valence-corrected chi connectivity index (χ3v) is 5.16. The second kappa shape index (κ2) is 7.05. The number of hydrogen-bond acceptors (Lipinski definition) is 4. The molecule has 2 aromatic carbocycles. The highest BCUT2D eigenvalue weighted by Crippen LogP contribution is 2.25. The number of para-hydroxylation sites is 1. The van der Waals surface area contributed by atoms with Gasteiger partial charge in [-0.05, 0) is 36.8 Å². The van der Waals surface area contributed by atoms with Crippen LogP contribution in [0.2, 0.25) is 0 Å². The fourth-order valence-electron chi connectivity index (χ4n) is 2.40. The number of amides is 1. The highest BCUT2D eigenvalue weighted by atomic mass is 32.2. The summed E-state index contributed by atoms with van der Waals surface area (Å²) in [5, 5.41) is 0. The summed E-state index contributed by atoms with van der Waals surface area (Å²) in [4.78, 5) is 14.6. The van der Waals surface area contributed by atoms with Crippen molar-refractivity contribution in [3.63, 3.8) is 0 Å². The summed E-state index contributed by atoms with van der Waals surface area (Å²) >= 11 is 0. The van der Waals surface area contributed by atoms with E-state index in [4.69, 9.17) is 4.74 Å². The molecular formula is C18H21NO4S. The number of methoxy groups -OCH3 is 1. The highest BCUT2D eigenvalue weighted by molar-refractivity contribution is 7.90. The second-order valence-electron chi connectivity index (χ2n) is 5.63. The molecule has 0 aliphatic rings. The Bertz CT molecular complexity index is 828. The Morgan fingerprint density at radius 1 is 1.08 bits per heavy atom. The summed E-state index contributed by atoms with van der Waals surface area (Å²) in [5.74, 6) is 0.362. The predicted octanol–water partition coefficient (Wildman–Crippen LogP) is 2.93. The zero-order chi connectivity index (χ0) is 17.9. The van der Waals surface area contributed by atoms with Gasteiger partial charge >= 0.3 is 0 Å². The van der Waals surface area contributed by atoms with E-state index in [0.717, 1.165) is 5.56 Å². The molecule has 1 unspecified atom stereocenters. The Morgan fingerprint density at radius 2 is 1.67 bits per heavy atom. The average molecular weight is 347 g/mol. The van der Waals surface area contributed by atoms with Crippen LogP contribution in [0.15, 0.2) is 53.4 Å². The van der Waals surface area contributed by atoms with Crippen molar-refractivity contribution >= 4 is 15.7 Å². The minimum atomic E-state index is -3.23. The van der Waals surface area contributed by atoms with E-state index < -0.39 is 9.84 Å². The number of carbonyl (C=O) groups is 1. The fraction of sp³-hybridized carbons (Fsp3) is 0.278. The maximum Gasteiger partial charge on any atom is 0.257 e. The van der Waals surface area contributed by atoms with E-state index in [1.165, 1.54) is 13.4 Å². The van der Waals surface area contributed by atoms with Gasteiger partial charge in [0.15, 0.2) is 9.84 Å². The van der Waals surface area contributed by atoms with Crippen LogP contribution in [0.5, 0.6) is 5.75 Å². The van der Waals surface area contributed by atoms with Crippen LogP contribution in [0.4, 0.5) is 0 Å². The molecule has 0 radical (unpaired) electrons. The number of rotatable bonds is 5. The molecule has 0 aliphatic carbocycles. The largest absolute Gasteiger partial charge is 0.496 e. The second-order valence-corrected chi connectivity index (χ2v) is 7.65. The molecule has 24 heavy (non-hydrogen) atoms. The summed E-state index contributed by atoms with van der Waals surface area (Å²) in [6, 6.07) is 13.4. The molecule has 0 aliphatic heterocycles. The van der Waals surface area contributed by atoms with Crippen LogP contribution in [-0.4, -0.2) is 39.6 Å². The minimum absolute atomic E-state index is 0.160. The third kappa shape index (κ3) is 3.76. The summed E-state index contributed by atoms with van der Waals surface area (Å²) < 4.78 is 28.3. The van der Waals surface area contributed by atoms with E-state index in [0.29, 0.717) is 11.3 Å². The molecule has 0 saturated carbocycles. The average Bonchev–Trinajstić information content (AvgIpc) is 2.59. The third-order valence-electron chi connectivity index (χ3n) is 4.03. The van der Waals surface area contributed by atoms with Gasteiger partial charge in [-0.2, -0.15) is 0 Å². The van der Waals surface area contributed by atoms with Crippen LogP contribution in [0.3, 0.4) is 0 Å². The molecule has 6 heteroatoms. The molecule has 0 saturated heterocycles. The Labute approximate surface area is 142 Å². The van der Waals surface area contributed by atoms with Crippen molar-refractivity contribution in [2.75, 3.05) is 20.4 Å². The predicted molar refractivity (Wildman–Crippen MR) is 93.1 cm³/mol. The molecule has 0 N–H and O–H groups in total. The number of ether oxygens (including phenoxy) is 1. The lowest BCUT2D eigenvalue weighted by Crippen LogP contribution is -2.30. The first-order valence-electron chi connectivity index (χ1n) is 7.46. The number of nitrogens with zero attached hydrogens (tertiary/aromatic N) is 1. The standard InChI is InChI=1S/C18H21NO4S/c1-13(14-9-11-15(12-10-14)24(4,21)22)19(2)18(20)16-7-5-6-8-17(16)23-3/h5-13H,1-4H3. The smallest absolute Gasteiger partial charge is 0.257 e. The van der Waals surface area contributed by atoms with Crippen LogP contribution in [0, 0.1) is 0 Å². The summed E-state index contributed by atoms with van der Waals surface area (Å²) in [6.07, 6.45) is 1.17. The van der Waals surface area contributed by atoms with E-state index in [2.05, 4.69) is 0 Å². The van der Waals surface area contributed by atoms with Crippen molar-refractivity contribution in [2.45, 2.75) is 17.9 Å². The zero-order valence-electron chi connectivity index (χ0n) is 14.2. The number of carbonyl (C=O) groups excluding carboxylic acids is 1. The summed E-state index contributed by atoms with van der Waals surface area (Å²) in [5.41, 5.74) is 1.34. The number of hydrogen-bond donors (Lipinski definition) is 0. The monoisotopic (exact) mass is 347 g/mol. The molecule has 2 aromatic rings. The first-order valence-corrected chi connectivity index (χ1v) is 9.35. The molecule has 0 aromatic heterocycles. The minimum Gasteiger partial charge on any atom is -0.496 e. The summed E-state index contributed by atoms with van der Waals surface area (Å²) in [7, 11) is 0.00853. The molecule has 0 spiro atoms. The van der Waals surface area contributed by atoms with Crippen LogP contribution >= 0.6 is 0 Å². The SMILES string of the molecule is COc1ccccc1C(=O)N(C)C(C)c1ccc(S(C)(=O)=O)cc1. The Morgan fingerprint density at radius 3 is 2.21 bits per heavy atom. The van der Waals surface area contributed by atoms with Gasteiger partial charge in [0.25, 0.3) is 5.91 Å². The lowest BCUT2D eigenvalue weighted by Gasteiger charge is -2.26. The Balaban J connectivity index is 2.25. The molecule has 128 valence electrons. The molecule has 0 heterocycles. The van der Waals surface area contributed by atoms with Crippen LogP contribution in [0.1, 0.15) is 28.9 Å². The lowest BCUT2D eigenvalue weighted by molar-refractivity contribution is 0.0739. The maximum atomic E-state index is 12.7. The number of sulfone groups is 1. The van der Waals surface area contributed by atoms with Gasteiger partial charge in [0.05, 0.1) is 23.6 Å². The van der Waals surface area contributed by atoms with Gasteiger partial charge in [-0.15, -0.1) is 0 Å². The molecule has 0 fully saturated rings. The van der Waals surface area contributed by atoms with Crippen molar-refractivity contribution in [1.29, 1.82) is 0 Å². The van der Waals surface area contributed by atoms with Crippen LogP contribution in [0.25, 0.3) is 0 Å². The molecule has 2 rings (SSSR count). The highest BCUT2D eigenvalue weighted by Gasteiger charge is 2.21. The first-order chi connectivity index (χ1) is 11.3. The molecule has 1 amide bonds. The molecule has 1 atom stereocenters. The van der Waals surface area contributed by atoms with E-state index >= 15 is 0 Å². The first kappa shape index (κ1) is 18.0. The van der Waals surface area contributed by atoms with Crippen molar-refractivity contribution in [2.24, 2.45) is 0 Å². The summed E-state index contributed by atoms with van der Waals surface area (Å²) in [6.45, 7) is 1.89. The number of benzene rings is 2. The van der Waals surface area contributed by atoms with Gasteiger partial charge in [0.1, 0.15) is 5.75 Å². The van der Waals surface area contributed by atoms with E-state index in [1.54, 1.807) is 54.4 Å². The van der Waals surface area contributed by atoms with Gasteiger partial charge in [-0.1, -0.05) is 24.3 Å². The van der Waals surface area contributed by atoms with Gasteiger partial charge in [0.2, 0.25) is 0 Å². The van der Waals surface area contributed by atoms with Crippen LogP contribution < -0.4 is 4.74 Å². The van der Waals surface area contributed by atoms with Gasteiger partial charge in [0, 0.05) is 13.3 Å². The molecule has 0 bridgehead atoms. The quantitative estimate of drug-likeness (QED) is 0.834. The van der Waals surface area contributed by atoms with E-state index in [-0.39, 0.29) is 16.8 Å². The fourth-order valence-corrected chi connectivity index (χ4v) is 3.03. The van der Waals surface area contributed by atoms with Crippen molar-refractivity contribution in [1.82, 2.24) is 4.90 Å². The van der Waals surface area contributed by atoms with Crippen LogP contribution in [-0.2, 0) is 9.84 Å². The van der Waals surface area contributed by atoms with Gasteiger partial charge in [-0.25, -0.2) is 8.42 Å². The van der Waals surface area contributed by atoms with Gasteiger partial charge < -0.3 is 9.64 Å². The van der Waals surface area contributed by atoms with E-state index in [1.807, 2.05) is 13.0 Å². The Hall–Kier alpha value is -2.34. The van der Waals surface area contributed by atoms with Gasteiger partial charge in [-0.3, -0.25) is 4.79 Å². The normalized spacial score (nSPS) is 12.5. The molecular weight excluding hydrogens is 326 g/mol. The van der Waals surface area contributed by atoms with Crippen molar-refractivity contribution in [3.05, 3.63) is 59.7 Å². The lowest BCUT2D eigenvalue weighted by atomic mass is 10.1. The van der Waals surface area contributed by atoms with Crippen molar-refractivity contribution < 1.29 is 17.9 Å². The topological polar surface area (TPSA) is 63.7 Å². The van der Waals surface area contributed by atoms with Crippen molar-refractivity contribution in [3.8, 4) is 5.75 Å². The Kier molecular flexibility index (Phi) is 5.29. The van der Waals surface area contributed by atoms with E-state index in [9.17, 15) is 13.2 Å².